The van der Waals surface area contributed by atoms with Gasteiger partial charge in [-0.1, -0.05) is 12.1 Å². The molecule has 1 aromatic heterocycles. The van der Waals surface area contributed by atoms with Crippen molar-refractivity contribution in [3.8, 4) is 0 Å². The topological polar surface area (TPSA) is 27.1 Å². The number of aromatic nitrogens is 2. The van der Waals surface area contributed by atoms with Crippen molar-refractivity contribution in [3.05, 3.63) is 59.4 Å². The molecule has 0 aliphatic heterocycles. The number of fused-ring (bicyclic) bond motifs is 1. The molecule has 0 saturated carbocycles. The number of rotatable bonds is 3. The summed E-state index contributed by atoms with van der Waals surface area (Å²) in [4.78, 5) is 3.97. The Morgan fingerprint density at radius 2 is 2.25 bits per heavy atom. The number of benzene rings is 1. The van der Waals surface area contributed by atoms with Gasteiger partial charge in [0.1, 0.15) is 11.9 Å². The summed E-state index contributed by atoms with van der Waals surface area (Å²) >= 11 is 0. The highest BCUT2D eigenvalue weighted by atomic mass is 19.1. The fourth-order valence-electron chi connectivity index (χ4n) is 2.46. The van der Waals surface area contributed by atoms with Crippen molar-refractivity contribution in [2.24, 2.45) is 0 Å². The van der Waals surface area contributed by atoms with Gasteiger partial charge in [-0.25, -0.2) is 13.8 Å². The minimum Gasteiger partial charge on any atom is -0.371 e. The molecule has 1 aliphatic carbocycles. The fourth-order valence-corrected chi connectivity index (χ4v) is 2.46. The quantitative estimate of drug-likeness (QED) is 0.860. The predicted molar refractivity (Wildman–Crippen MR) is 71.5 cm³/mol. The zero-order valence-electron chi connectivity index (χ0n) is 11.0. The van der Waals surface area contributed by atoms with Crippen molar-refractivity contribution in [2.45, 2.75) is 18.8 Å². The molecule has 0 fully saturated rings. The van der Waals surface area contributed by atoms with Crippen molar-refractivity contribution in [3.63, 3.8) is 0 Å². The summed E-state index contributed by atoms with van der Waals surface area (Å²) in [5, 5.41) is 0. The summed E-state index contributed by atoms with van der Waals surface area (Å²) < 4.78 is 34.7. The van der Waals surface area contributed by atoms with Gasteiger partial charge in [-0.05, 0) is 28.8 Å². The molecule has 0 spiro atoms. The molecule has 0 radical (unpaired) electrons. The van der Waals surface area contributed by atoms with Crippen LogP contribution in [0, 0.1) is 0 Å². The van der Waals surface area contributed by atoms with Gasteiger partial charge in [0.15, 0.2) is 6.17 Å². The van der Waals surface area contributed by atoms with Crippen LogP contribution in [0.1, 0.15) is 22.9 Å². The number of ether oxygens (including phenoxy) is 1. The molecule has 20 heavy (non-hydrogen) atoms. The van der Waals surface area contributed by atoms with E-state index in [0.717, 1.165) is 5.56 Å². The third-order valence-corrected chi connectivity index (χ3v) is 3.46. The van der Waals surface area contributed by atoms with E-state index in [-0.39, 0.29) is 0 Å². The monoisotopic (exact) mass is 276 g/mol. The standard InChI is InChI=1S/C15H14F2N2O/c1-20-15-13(16)7-11-6-10(2-3-12(11)14(15)17)8-19-5-4-18-9-19/h2-7,9,14-15H,8H2,1H3. The van der Waals surface area contributed by atoms with Gasteiger partial charge in [-0.3, -0.25) is 0 Å². The fraction of sp³-hybridized carbons (Fsp3) is 0.267. The number of hydrogen-bond donors (Lipinski definition) is 0. The molecule has 0 N–H and O–H groups in total. The van der Waals surface area contributed by atoms with E-state index in [2.05, 4.69) is 4.98 Å². The van der Waals surface area contributed by atoms with Gasteiger partial charge in [0.2, 0.25) is 0 Å². The smallest absolute Gasteiger partial charge is 0.158 e. The summed E-state index contributed by atoms with van der Waals surface area (Å²) in [5.74, 6) is -0.577. The molecule has 0 bridgehead atoms. The molecule has 0 saturated heterocycles. The first-order valence-corrected chi connectivity index (χ1v) is 6.31. The highest BCUT2D eigenvalue weighted by Gasteiger charge is 2.32. The lowest BCUT2D eigenvalue weighted by molar-refractivity contribution is 0.0416. The molecule has 5 heteroatoms. The van der Waals surface area contributed by atoms with Crippen molar-refractivity contribution in [1.29, 1.82) is 0 Å². The summed E-state index contributed by atoms with van der Waals surface area (Å²) in [5.41, 5.74) is 2.00. The number of alkyl halides is 1. The number of methoxy groups -OCH3 is 1. The Morgan fingerprint density at radius 3 is 2.95 bits per heavy atom. The summed E-state index contributed by atoms with van der Waals surface area (Å²) in [6.45, 7) is 0.618. The first kappa shape index (κ1) is 13.0. The first-order chi connectivity index (χ1) is 9.69. The maximum absolute atomic E-state index is 14.2. The molecule has 0 amide bonds. The van der Waals surface area contributed by atoms with E-state index in [1.807, 2.05) is 16.8 Å². The van der Waals surface area contributed by atoms with Crippen molar-refractivity contribution in [1.82, 2.24) is 9.55 Å². The second-order valence-corrected chi connectivity index (χ2v) is 4.79. The van der Waals surface area contributed by atoms with Crippen LogP contribution in [-0.2, 0) is 11.3 Å². The Hall–Kier alpha value is -2.01. The zero-order chi connectivity index (χ0) is 14.1. The van der Waals surface area contributed by atoms with Crippen molar-refractivity contribution >= 4 is 6.08 Å². The van der Waals surface area contributed by atoms with Crippen LogP contribution in [0.5, 0.6) is 0 Å². The summed E-state index contributed by atoms with van der Waals surface area (Å²) in [6.07, 6.45) is 3.98. The maximum Gasteiger partial charge on any atom is 0.158 e. The lowest BCUT2D eigenvalue weighted by Crippen LogP contribution is -2.22. The molecule has 3 nitrogen and oxygen atoms in total. The van der Waals surface area contributed by atoms with E-state index < -0.39 is 18.1 Å². The third kappa shape index (κ3) is 2.25. The number of hydrogen-bond acceptors (Lipinski definition) is 2. The molecule has 2 aromatic rings. The van der Waals surface area contributed by atoms with Gasteiger partial charge in [0, 0.05) is 26.0 Å². The van der Waals surface area contributed by atoms with Crippen LogP contribution in [-0.4, -0.2) is 22.8 Å². The van der Waals surface area contributed by atoms with Gasteiger partial charge in [-0.15, -0.1) is 0 Å². The van der Waals surface area contributed by atoms with Crippen LogP contribution in [0.4, 0.5) is 8.78 Å². The molecular formula is C15H14F2N2O. The number of nitrogens with zero attached hydrogens (tertiary/aromatic N) is 2. The average molecular weight is 276 g/mol. The molecule has 104 valence electrons. The van der Waals surface area contributed by atoms with Crippen LogP contribution in [0.25, 0.3) is 6.08 Å². The number of imidazole rings is 1. The molecule has 3 rings (SSSR count). The minimum absolute atomic E-state index is 0.465. The minimum atomic E-state index is -1.47. The Bertz CT molecular complexity index is 637. The Kier molecular flexibility index (Phi) is 3.36. The van der Waals surface area contributed by atoms with Crippen molar-refractivity contribution in [2.75, 3.05) is 7.11 Å². The largest absolute Gasteiger partial charge is 0.371 e. The van der Waals surface area contributed by atoms with Gasteiger partial charge >= 0.3 is 0 Å². The Morgan fingerprint density at radius 1 is 1.40 bits per heavy atom. The number of halogens is 2. The average Bonchev–Trinajstić information content (AvgIpc) is 2.91. The van der Waals surface area contributed by atoms with E-state index in [4.69, 9.17) is 4.74 Å². The zero-order valence-corrected chi connectivity index (χ0v) is 11.0. The Labute approximate surface area is 115 Å². The molecule has 2 atom stereocenters. The highest BCUT2D eigenvalue weighted by molar-refractivity contribution is 5.61. The second-order valence-electron chi connectivity index (χ2n) is 4.79. The van der Waals surface area contributed by atoms with Gasteiger partial charge in [0.25, 0.3) is 0 Å². The second kappa shape index (κ2) is 5.17. The van der Waals surface area contributed by atoms with Gasteiger partial charge in [0.05, 0.1) is 6.33 Å². The predicted octanol–water partition coefficient (Wildman–Crippen LogP) is 3.28. The normalized spacial score (nSPS) is 21.4. The molecular weight excluding hydrogens is 262 g/mol. The van der Waals surface area contributed by atoms with Crippen LogP contribution < -0.4 is 0 Å². The van der Waals surface area contributed by atoms with Crippen LogP contribution >= 0.6 is 0 Å². The SMILES string of the molecule is COC1C(F)=Cc2cc(Cn3ccnc3)ccc2C1F. The van der Waals surface area contributed by atoms with Gasteiger partial charge in [-0.2, -0.15) is 0 Å². The molecule has 1 heterocycles. The summed E-state index contributed by atoms with van der Waals surface area (Å²) in [7, 11) is 1.31. The maximum atomic E-state index is 14.2. The highest BCUT2D eigenvalue weighted by Crippen LogP contribution is 2.37. The van der Waals surface area contributed by atoms with Crippen LogP contribution in [0.2, 0.25) is 0 Å². The molecule has 1 aromatic carbocycles. The lowest BCUT2D eigenvalue weighted by Gasteiger charge is -2.24. The lowest BCUT2D eigenvalue weighted by atomic mass is 9.91. The Balaban J connectivity index is 1.93. The molecule has 1 aliphatic rings. The van der Waals surface area contributed by atoms with E-state index in [1.54, 1.807) is 24.7 Å². The van der Waals surface area contributed by atoms with Gasteiger partial charge < -0.3 is 9.30 Å². The van der Waals surface area contributed by atoms with E-state index >= 15 is 0 Å². The van der Waals surface area contributed by atoms with Crippen LogP contribution in [0.15, 0.2) is 42.7 Å². The van der Waals surface area contributed by atoms with E-state index in [1.165, 1.54) is 13.2 Å². The first-order valence-electron chi connectivity index (χ1n) is 6.31. The third-order valence-electron chi connectivity index (χ3n) is 3.46. The van der Waals surface area contributed by atoms with E-state index in [9.17, 15) is 8.78 Å². The van der Waals surface area contributed by atoms with Crippen molar-refractivity contribution < 1.29 is 13.5 Å². The van der Waals surface area contributed by atoms with Crippen LogP contribution in [0.3, 0.4) is 0 Å². The molecule has 2 unspecified atom stereocenters. The van der Waals surface area contributed by atoms with E-state index in [0.29, 0.717) is 17.7 Å². The summed E-state index contributed by atoms with van der Waals surface area (Å²) in [6, 6.07) is 5.34.